The molecule has 0 aliphatic heterocycles. The van der Waals surface area contributed by atoms with Crippen molar-refractivity contribution < 1.29 is 0 Å². The molecule has 0 heterocycles. The van der Waals surface area contributed by atoms with Gasteiger partial charge in [-0.25, -0.2) is 0 Å². The number of rotatable bonds is 0. The van der Waals surface area contributed by atoms with Gasteiger partial charge in [0.2, 0.25) is 0 Å². The van der Waals surface area contributed by atoms with Crippen molar-refractivity contribution in [1.29, 1.82) is 0 Å². The van der Waals surface area contributed by atoms with Crippen molar-refractivity contribution in [2.24, 2.45) is 0 Å². The number of hydrogen-bond donors (Lipinski definition) is 0. The molecule has 0 aromatic heterocycles. The van der Waals surface area contributed by atoms with Gasteiger partial charge in [0.25, 0.3) is 0 Å². The summed E-state index contributed by atoms with van der Waals surface area (Å²) in [7, 11) is 0. The Labute approximate surface area is 394 Å². The van der Waals surface area contributed by atoms with E-state index in [1.807, 2.05) is 0 Å². The summed E-state index contributed by atoms with van der Waals surface area (Å²) < 4.78 is 0. The van der Waals surface area contributed by atoms with Gasteiger partial charge in [0.05, 0.1) is 0 Å². The number of fused-ring (bicyclic) bond motifs is 4. The fourth-order valence-electron chi connectivity index (χ4n) is 12.4. The third-order valence-corrected chi connectivity index (χ3v) is 15.5. The van der Waals surface area contributed by atoms with Crippen LogP contribution in [0.4, 0.5) is 0 Å². The predicted molar refractivity (Wildman–Crippen MR) is 277 cm³/mol. The lowest BCUT2D eigenvalue weighted by atomic mass is 9.77. The molecule has 328 valence electrons. The van der Waals surface area contributed by atoms with Crippen molar-refractivity contribution in [3.8, 4) is 0 Å². The summed E-state index contributed by atoms with van der Waals surface area (Å²) >= 11 is 0. The smallest absolute Gasteiger partial charge is 0.00144 e. The predicted octanol–water partition coefficient (Wildman–Crippen LogP) is 15.0. The summed E-state index contributed by atoms with van der Waals surface area (Å²) in [5, 5.41) is 0. The Bertz CT molecular complexity index is 2840. The summed E-state index contributed by atoms with van der Waals surface area (Å²) in [5.41, 5.74) is 40.6. The van der Waals surface area contributed by atoms with Crippen LogP contribution < -0.4 is 0 Å². The molecule has 8 aromatic carbocycles. The first-order valence-electron chi connectivity index (χ1n) is 24.6. The zero-order valence-electron chi connectivity index (χ0n) is 40.6. The minimum atomic E-state index is 0.923. The van der Waals surface area contributed by atoms with Gasteiger partial charge in [0, 0.05) is 0 Å². The normalized spacial score (nSPS) is 14.1. The van der Waals surface area contributed by atoms with Crippen molar-refractivity contribution in [2.75, 3.05) is 0 Å². The molecule has 0 saturated carbocycles. The highest BCUT2D eigenvalue weighted by Crippen LogP contribution is 2.39. The van der Waals surface area contributed by atoms with E-state index in [0.29, 0.717) is 0 Å². The molecule has 3 aliphatic rings. The molecule has 8 aromatic rings. The molecule has 0 N–H and O–H groups in total. The maximum absolute atomic E-state index is 2.56. The molecule has 4 bridgehead atoms. The molecule has 66 heavy (non-hydrogen) atoms. The topological polar surface area (TPSA) is 0 Å². The highest BCUT2D eigenvalue weighted by molar-refractivity contribution is 5.59. The van der Waals surface area contributed by atoms with Gasteiger partial charge in [-0.15, -0.1) is 0 Å². The standard InChI is InChI=1S/C66H64/c1-39-9-13-47-29-48-14-10-40(2)18-52(48)32-56-22-44(6)27-61-36-62-28-46(8)24-58-34-54-20-42(4)12-16-50(54)30-49-15-11-41(3)19-53(49)33-57-23-45(7)26-60(65(57)38-66(58)62)35-59-25-43(5)21-55(31-51(47)17-39)63(59)37-64(56)61/h9-28H,29-38H2,1-8H3. The van der Waals surface area contributed by atoms with Crippen LogP contribution in [0.25, 0.3) is 0 Å². The average molecular weight is 857 g/mol. The Morgan fingerprint density at radius 1 is 0.167 bits per heavy atom. The minimum absolute atomic E-state index is 0.923. The average Bonchev–Trinajstić information content (AvgIpc) is 3.24. The fourth-order valence-corrected chi connectivity index (χ4v) is 12.4. The monoisotopic (exact) mass is 857 g/mol. The molecule has 0 atom stereocenters. The SMILES string of the molecule is Cc1ccc2c(c1)Cc1cc(C)cc3c1Cc1c(cc(C)cc1Cc1cc(C)cc4c1Cc1c(cc(C)cc1C3)Cc1cc(C)ccc1Cc1ccc(C)cc1C4)Cc1cc(C)ccc1C2. The molecule has 0 spiro atoms. The molecular weight excluding hydrogens is 793 g/mol. The van der Waals surface area contributed by atoms with E-state index >= 15 is 0 Å². The minimum Gasteiger partial charge on any atom is -0.0590 e. The molecular formula is C66H64. The van der Waals surface area contributed by atoms with Gasteiger partial charge < -0.3 is 0 Å². The first-order chi connectivity index (χ1) is 31.8. The van der Waals surface area contributed by atoms with E-state index in [1.165, 1.54) is 156 Å². The second kappa shape index (κ2) is 16.9. The first kappa shape index (κ1) is 42.4. The van der Waals surface area contributed by atoms with Crippen LogP contribution in [-0.4, -0.2) is 0 Å². The third kappa shape index (κ3) is 8.30. The molecule has 0 fully saturated rings. The van der Waals surface area contributed by atoms with Crippen LogP contribution in [0, 0.1) is 55.4 Å². The van der Waals surface area contributed by atoms with E-state index in [1.54, 1.807) is 0 Å². The summed E-state index contributed by atoms with van der Waals surface area (Å²) in [6, 6.07) is 49.3. The lowest BCUT2D eigenvalue weighted by Crippen LogP contribution is -2.15. The quantitative estimate of drug-likeness (QED) is 0.143. The van der Waals surface area contributed by atoms with Gasteiger partial charge in [-0.1, -0.05) is 166 Å². The van der Waals surface area contributed by atoms with E-state index in [0.717, 1.165) is 64.2 Å². The van der Waals surface area contributed by atoms with Crippen LogP contribution in [0.5, 0.6) is 0 Å². The van der Waals surface area contributed by atoms with Crippen LogP contribution in [0.3, 0.4) is 0 Å². The largest absolute Gasteiger partial charge is 0.0590 e. The van der Waals surface area contributed by atoms with Crippen LogP contribution in [0.1, 0.15) is 156 Å². The zero-order valence-corrected chi connectivity index (χ0v) is 40.6. The molecule has 0 heteroatoms. The second-order valence-electron chi connectivity index (χ2n) is 21.1. The van der Waals surface area contributed by atoms with Crippen LogP contribution >= 0.6 is 0 Å². The number of aryl methyl sites for hydroxylation is 8. The van der Waals surface area contributed by atoms with E-state index in [2.05, 4.69) is 177 Å². The van der Waals surface area contributed by atoms with Crippen LogP contribution in [0.15, 0.2) is 121 Å². The summed E-state index contributed by atoms with van der Waals surface area (Å²) in [6.45, 7) is 18.4. The number of hydrogen-bond acceptors (Lipinski definition) is 0. The molecule has 0 amide bonds. The van der Waals surface area contributed by atoms with Crippen molar-refractivity contribution in [2.45, 2.75) is 120 Å². The summed E-state index contributed by atoms with van der Waals surface area (Å²) in [4.78, 5) is 0. The lowest BCUT2D eigenvalue weighted by molar-refractivity contribution is 0.923. The summed E-state index contributed by atoms with van der Waals surface area (Å²) in [5.74, 6) is 0. The Kier molecular flexibility index (Phi) is 10.8. The van der Waals surface area contributed by atoms with Gasteiger partial charge in [-0.2, -0.15) is 0 Å². The highest BCUT2D eigenvalue weighted by Gasteiger charge is 2.26. The molecule has 0 radical (unpaired) electrons. The van der Waals surface area contributed by atoms with Crippen molar-refractivity contribution in [3.63, 3.8) is 0 Å². The third-order valence-electron chi connectivity index (χ3n) is 15.5. The van der Waals surface area contributed by atoms with Gasteiger partial charge >= 0.3 is 0 Å². The fraction of sp³-hybridized carbons (Fsp3) is 0.273. The van der Waals surface area contributed by atoms with Crippen LogP contribution in [0.2, 0.25) is 0 Å². The zero-order chi connectivity index (χ0) is 45.4. The molecule has 11 rings (SSSR count). The molecule has 3 aliphatic carbocycles. The van der Waals surface area contributed by atoms with Gasteiger partial charge in [0.1, 0.15) is 0 Å². The lowest BCUT2D eigenvalue weighted by Gasteiger charge is -2.28. The highest BCUT2D eigenvalue weighted by atomic mass is 14.3. The van der Waals surface area contributed by atoms with Crippen molar-refractivity contribution in [3.05, 3.63) is 277 Å². The van der Waals surface area contributed by atoms with E-state index in [-0.39, 0.29) is 0 Å². The molecule has 0 unspecified atom stereocenters. The maximum Gasteiger partial charge on any atom is -0.00144 e. The Morgan fingerprint density at radius 2 is 0.333 bits per heavy atom. The maximum atomic E-state index is 2.56. The summed E-state index contributed by atoms with van der Waals surface area (Å²) in [6.07, 6.45) is 9.35. The van der Waals surface area contributed by atoms with Crippen molar-refractivity contribution >= 4 is 0 Å². The number of benzene rings is 8. The van der Waals surface area contributed by atoms with E-state index in [9.17, 15) is 0 Å². The first-order valence-corrected chi connectivity index (χ1v) is 24.6. The Morgan fingerprint density at radius 3 is 0.545 bits per heavy atom. The van der Waals surface area contributed by atoms with Gasteiger partial charge in [0.15, 0.2) is 0 Å². The van der Waals surface area contributed by atoms with Crippen LogP contribution in [-0.2, 0) is 64.2 Å². The second-order valence-corrected chi connectivity index (χ2v) is 21.1. The van der Waals surface area contributed by atoms with Gasteiger partial charge in [-0.3, -0.25) is 0 Å². The van der Waals surface area contributed by atoms with E-state index in [4.69, 9.17) is 0 Å². The van der Waals surface area contributed by atoms with Gasteiger partial charge in [-0.05, 0) is 231 Å². The van der Waals surface area contributed by atoms with E-state index < -0.39 is 0 Å². The Hall–Kier alpha value is -6.24. The Balaban J connectivity index is 1.22. The molecule has 0 nitrogen and oxygen atoms in total. The van der Waals surface area contributed by atoms with Crippen molar-refractivity contribution in [1.82, 2.24) is 0 Å². The molecule has 0 saturated heterocycles.